The van der Waals surface area contributed by atoms with Crippen LogP contribution in [-0.2, 0) is 11.8 Å². The molecular weight excluding hydrogens is 452 g/mol. The zero-order chi connectivity index (χ0) is 23.7. The number of rotatable bonds is 5. The SMILES string of the molecule is Cc1ccc(-c2csc3nc(SC(C)C(=O)Nc4ccccc4C#N)n(C)c(=O)c23)cc1C. The van der Waals surface area contributed by atoms with Gasteiger partial charge in [0.15, 0.2) is 5.16 Å². The number of aromatic nitrogens is 2. The zero-order valence-corrected chi connectivity index (χ0v) is 20.3. The van der Waals surface area contributed by atoms with Crippen molar-refractivity contribution in [1.82, 2.24) is 9.55 Å². The molecule has 4 rings (SSSR count). The first-order chi connectivity index (χ1) is 15.8. The number of nitriles is 1. The quantitative estimate of drug-likeness (QED) is 0.314. The Morgan fingerprint density at radius 2 is 1.97 bits per heavy atom. The minimum Gasteiger partial charge on any atom is -0.324 e. The molecule has 1 amide bonds. The number of aryl methyl sites for hydroxylation is 2. The van der Waals surface area contributed by atoms with Gasteiger partial charge in [-0.15, -0.1) is 11.3 Å². The zero-order valence-electron chi connectivity index (χ0n) is 18.7. The number of anilines is 1. The highest BCUT2D eigenvalue weighted by Gasteiger charge is 2.21. The van der Waals surface area contributed by atoms with Crippen molar-refractivity contribution in [3.8, 4) is 17.2 Å². The molecule has 33 heavy (non-hydrogen) atoms. The van der Waals surface area contributed by atoms with Crippen LogP contribution in [0, 0.1) is 25.2 Å². The highest BCUT2D eigenvalue weighted by molar-refractivity contribution is 8.00. The molecule has 2 heterocycles. The van der Waals surface area contributed by atoms with Gasteiger partial charge in [0.1, 0.15) is 10.9 Å². The number of nitrogens with one attached hydrogen (secondary N) is 1. The Kier molecular flexibility index (Phi) is 6.36. The Balaban J connectivity index is 1.63. The smallest absolute Gasteiger partial charge is 0.263 e. The third kappa shape index (κ3) is 4.42. The van der Waals surface area contributed by atoms with Crippen LogP contribution in [0.25, 0.3) is 21.3 Å². The van der Waals surface area contributed by atoms with Crippen LogP contribution in [0.3, 0.4) is 0 Å². The number of hydrogen-bond acceptors (Lipinski definition) is 6. The predicted octanol–water partition coefficient (Wildman–Crippen LogP) is 5.27. The van der Waals surface area contributed by atoms with Gasteiger partial charge in [-0.05, 0) is 49.6 Å². The lowest BCUT2D eigenvalue weighted by atomic mass is 10.0. The second kappa shape index (κ2) is 9.22. The molecule has 1 atom stereocenters. The summed E-state index contributed by atoms with van der Waals surface area (Å²) >= 11 is 2.64. The Bertz CT molecular complexity index is 1480. The fraction of sp³-hybridized carbons (Fsp3) is 0.200. The lowest BCUT2D eigenvalue weighted by molar-refractivity contribution is -0.115. The van der Waals surface area contributed by atoms with E-state index < -0.39 is 5.25 Å². The lowest BCUT2D eigenvalue weighted by Gasteiger charge is -2.14. The molecule has 0 saturated carbocycles. The Morgan fingerprint density at radius 1 is 1.21 bits per heavy atom. The first-order valence-electron chi connectivity index (χ1n) is 10.3. The van der Waals surface area contributed by atoms with Gasteiger partial charge in [-0.1, -0.05) is 42.1 Å². The summed E-state index contributed by atoms with van der Waals surface area (Å²) in [6.45, 7) is 5.87. The number of nitrogens with zero attached hydrogens (tertiary/aromatic N) is 3. The third-order valence-corrected chi connectivity index (χ3v) is 7.56. The maximum absolute atomic E-state index is 13.3. The van der Waals surface area contributed by atoms with Crippen molar-refractivity contribution in [3.63, 3.8) is 0 Å². The van der Waals surface area contributed by atoms with Gasteiger partial charge in [-0.25, -0.2) is 4.98 Å². The second-order valence-electron chi connectivity index (χ2n) is 7.79. The molecule has 6 nitrogen and oxygen atoms in total. The van der Waals surface area contributed by atoms with E-state index in [1.807, 2.05) is 11.4 Å². The van der Waals surface area contributed by atoms with E-state index in [9.17, 15) is 14.9 Å². The summed E-state index contributed by atoms with van der Waals surface area (Å²) in [5.41, 5.74) is 4.96. The summed E-state index contributed by atoms with van der Waals surface area (Å²) in [4.78, 5) is 31.3. The van der Waals surface area contributed by atoms with Crippen LogP contribution < -0.4 is 10.9 Å². The molecule has 0 spiro atoms. The number of fused-ring (bicyclic) bond motifs is 1. The maximum Gasteiger partial charge on any atom is 0.263 e. The Morgan fingerprint density at radius 3 is 2.70 bits per heavy atom. The fourth-order valence-corrected chi connectivity index (χ4v) is 5.28. The number of para-hydroxylation sites is 1. The van der Waals surface area contributed by atoms with E-state index in [0.29, 0.717) is 26.6 Å². The normalized spacial score (nSPS) is 11.8. The van der Waals surface area contributed by atoms with Gasteiger partial charge in [0, 0.05) is 18.0 Å². The summed E-state index contributed by atoms with van der Waals surface area (Å²) < 4.78 is 1.50. The molecule has 2 aromatic carbocycles. The van der Waals surface area contributed by atoms with E-state index in [0.717, 1.165) is 11.1 Å². The Hall–Kier alpha value is -3.41. The molecule has 8 heteroatoms. The summed E-state index contributed by atoms with van der Waals surface area (Å²) in [5, 5.41) is 14.5. The van der Waals surface area contributed by atoms with Crippen LogP contribution in [0.2, 0.25) is 0 Å². The third-order valence-electron chi connectivity index (χ3n) is 5.55. The number of carbonyl (C=O) groups is 1. The number of benzene rings is 2. The number of carbonyl (C=O) groups excluding carboxylic acids is 1. The minimum atomic E-state index is -0.522. The molecule has 1 N–H and O–H groups in total. The molecule has 0 bridgehead atoms. The van der Waals surface area contributed by atoms with Crippen molar-refractivity contribution >= 4 is 44.9 Å². The number of hydrogen-bond donors (Lipinski definition) is 1. The number of thioether (sulfide) groups is 1. The Labute approximate surface area is 199 Å². The predicted molar refractivity (Wildman–Crippen MR) is 135 cm³/mol. The molecule has 0 fully saturated rings. The fourth-order valence-electron chi connectivity index (χ4n) is 3.42. The standard InChI is InChI=1S/C25H22N4O2S2/c1-14-9-10-17(11-15(14)2)19-13-32-23-21(19)24(31)29(4)25(28-23)33-16(3)22(30)27-20-8-6-5-7-18(20)12-26/h5-11,13,16H,1-4H3,(H,27,30). The van der Waals surface area contributed by atoms with Gasteiger partial charge in [0.2, 0.25) is 5.91 Å². The van der Waals surface area contributed by atoms with Gasteiger partial charge in [0.25, 0.3) is 5.56 Å². The molecule has 0 saturated heterocycles. The van der Waals surface area contributed by atoms with Crippen molar-refractivity contribution in [2.24, 2.45) is 7.05 Å². The van der Waals surface area contributed by atoms with E-state index in [1.54, 1.807) is 38.2 Å². The van der Waals surface area contributed by atoms with Crippen LogP contribution in [0.5, 0.6) is 0 Å². The van der Waals surface area contributed by atoms with Gasteiger partial charge in [-0.3, -0.25) is 14.2 Å². The summed E-state index contributed by atoms with van der Waals surface area (Å²) in [6.07, 6.45) is 0. The van der Waals surface area contributed by atoms with E-state index in [-0.39, 0.29) is 11.5 Å². The first-order valence-corrected chi connectivity index (χ1v) is 12.1. The van der Waals surface area contributed by atoms with Crippen LogP contribution in [0.1, 0.15) is 23.6 Å². The van der Waals surface area contributed by atoms with Crippen molar-refractivity contribution in [2.45, 2.75) is 31.2 Å². The van der Waals surface area contributed by atoms with Gasteiger partial charge >= 0.3 is 0 Å². The molecule has 2 aromatic heterocycles. The first kappa shape index (κ1) is 22.8. The molecule has 0 aliphatic rings. The van der Waals surface area contributed by atoms with E-state index in [4.69, 9.17) is 4.98 Å². The highest BCUT2D eigenvalue weighted by Crippen LogP contribution is 2.33. The average molecular weight is 475 g/mol. The minimum absolute atomic E-state index is 0.139. The molecule has 4 aromatic rings. The maximum atomic E-state index is 13.3. The van der Waals surface area contributed by atoms with Gasteiger partial charge < -0.3 is 5.32 Å². The van der Waals surface area contributed by atoms with Gasteiger partial charge in [-0.2, -0.15) is 5.26 Å². The van der Waals surface area contributed by atoms with Gasteiger partial charge in [0.05, 0.1) is 21.9 Å². The van der Waals surface area contributed by atoms with Crippen LogP contribution in [-0.4, -0.2) is 20.7 Å². The van der Waals surface area contributed by atoms with Crippen molar-refractivity contribution in [2.75, 3.05) is 5.32 Å². The lowest BCUT2D eigenvalue weighted by Crippen LogP contribution is -2.25. The van der Waals surface area contributed by atoms with E-state index in [1.165, 1.54) is 38.8 Å². The van der Waals surface area contributed by atoms with Crippen LogP contribution in [0.4, 0.5) is 5.69 Å². The summed E-state index contributed by atoms with van der Waals surface area (Å²) in [5.74, 6) is -0.265. The largest absolute Gasteiger partial charge is 0.324 e. The molecule has 0 radical (unpaired) electrons. The molecule has 1 unspecified atom stereocenters. The molecule has 166 valence electrons. The molecular formula is C25H22N4O2S2. The molecule has 0 aliphatic carbocycles. The number of amides is 1. The van der Waals surface area contributed by atoms with Crippen LogP contribution in [0.15, 0.2) is 57.8 Å². The topological polar surface area (TPSA) is 87.8 Å². The summed E-state index contributed by atoms with van der Waals surface area (Å²) in [7, 11) is 1.68. The molecule has 0 aliphatic heterocycles. The van der Waals surface area contributed by atoms with E-state index >= 15 is 0 Å². The summed E-state index contributed by atoms with van der Waals surface area (Å²) in [6, 6.07) is 15.1. The van der Waals surface area contributed by atoms with Crippen molar-refractivity contribution in [1.29, 1.82) is 5.26 Å². The van der Waals surface area contributed by atoms with E-state index in [2.05, 4.69) is 37.4 Å². The van der Waals surface area contributed by atoms with Crippen molar-refractivity contribution < 1.29 is 4.79 Å². The average Bonchev–Trinajstić information content (AvgIpc) is 3.23. The monoisotopic (exact) mass is 474 g/mol. The van der Waals surface area contributed by atoms with Crippen molar-refractivity contribution in [3.05, 3.63) is 74.9 Å². The number of thiophene rings is 1. The highest BCUT2D eigenvalue weighted by atomic mass is 32.2. The van der Waals surface area contributed by atoms with Crippen LogP contribution >= 0.6 is 23.1 Å². The second-order valence-corrected chi connectivity index (χ2v) is 9.96.